The van der Waals surface area contributed by atoms with Crippen molar-refractivity contribution in [3.05, 3.63) is 0 Å². The summed E-state index contributed by atoms with van der Waals surface area (Å²) in [6.07, 6.45) is 7.09. The van der Waals surface area contributed by atoms with Crippen molar-refractivity contribution in [1.29, 1.82) is 0 Å². The molecule has 1 spiro atoms. The first-order chi connectivity index (χ1) is 8.45. The minimum Gasteiger partial charge on any atom is -0.376 e. The van der Waals surface area contributed by atoms with Crippen LogP contribution in [-0.2, 0) is 15.0 Å². The highest BCUT2D eigenvalue weighted by molar-refractivity contribution is 7.86. The Balaban J connectivity index is 2.08. The van der Waals surface area contributed by atoms with Gasteiger partial charge in [0.15, 0.2) is 0 Å². The van der Waals surface area contributed by atoms with Crippen LogP contribution in [-0.4, -0.2) is 26.9 Å². The molecule has 1 saturated carbocycles. The van der Waals surface area contributed by atoms with Gasteiger partial charge in [0.1, 0.15) is 5.75 Å². The maximum Gasteiger partial charge on any atom is 0.304 e. The minimum absolute atomic E-state index is 0.0803. The summed E-state index contributed by atoms with van der Waals surface area (Å²) in [5, 5.41) is 0. The monoisotopic (exact) mass is 278 g/mol. The van der Waals surface area contributed by atoms with Crippen molar-refractivity contribution in [1.82, 2.24) is 0 Å². The van der Waals surface area contributed by atoms with E-state index in [0.29, 0.717) is 6.61 Å². The van der Waals surface area contributed by atoms with E-state index in [-0.39, 0.29) is 5.41 Å². The highest BCUT2D eigenvalue weighted by Crippen LogP contribution is 2.48. The van der Waals surface area contributed by atoms with E-state index in [1.807, 2.05) is 0 Å². The summed E-state index contributed by atoms with van der Waals surface area (Å²) in [7, 11) is -4.44. The summed E-state index contributed by atoms with van der Waals surface area (Å²) in [4.78, 5) is 0. The summed E-state index contributed by atoms with van der Waals surface area (Å²) >= 11 is 0. The predicted molar refractivity (Wildman–Crippen MR) is 68.6 cm³/mol. The van der Waals surface area contributed by atoms with Gasteiger partial charge < -0.3 is 4.74 Å². The molecule has 2 fully saturated rings. The maximum absolute atomic E-state index is 12.9. The number of rotatable bonds is 3. The predicted octanol–water partition coefficient (Wildman–Crippen LogP) is 3.05. The first kappa shape index (κ1) is 14.3. The zero-order valence-corrected chi connectivity index (χ0v) is 11.8. The number of hydrogen-bond donors (Lipinski definition) is 0. The Morgan fingerprint density at radius 2 is 2.06 bits per heavy atom. The fourth-order valence-electron chi connectivity index (χ4n) is 3.63. The lowest BCUT2D eigenvalue weighted by atomic mass is 9.75. The zero-order valence-electron chi connectivity index (χ0n) is 11.0. The molecule has 5 heteroatoms. The normalized spacial score (nSPS) is 37.9. The molecule has 0 aromatic heterocycles. The Hall–Kier alpha value is -0.160. The molecule has 0 radical (unpaired) electrons. The lowest BCUT2D eigenvalue weighted by Gasteiger charge is -2.32. The molecule has 0 bridgehead atoms. The van der Waals surface area contributed by atoms with Crippen LogP contribution < -0.4 is 0 Å². The van der Waals surface area contributed by atoms with E-state index in [0.717, 1.165) is 38.0 Å². The third kappa shape index (κ3) is 3.23. The van der Waals surface area contributed by atoms with Crippen molar-refractivity contribution in [2.24, 2.45) is 11.3 Å². The van der Waals surface area contributed by atoms with Crippen LogP contribution >= 0.6 is 0 Å². The average molecular weight is 278 g/mol. The molecule has 3 nitrogen and oxygen atoms in total. The minimum atomic E-state index is -4.44. The Bertz CT molecular complexity index is 382. The molecule has 1 heterocycles. The van der Waals surface area contributed by atoms with Crippen LogP contribution in [0, 0.1) is 11.3 Å². The van der Waals surface area contributed by atoms with Crippen LogP contribution in [0.2, 0.25) is 0 Å². The standard InChI is InChI=1S/C13H23FO3S/c1-2-11-4-3-6-13(7-5-11)8-9-17-12(13)10-18(14,15)16/h11-12H,2-10H2,1H3. The lowest BCUT2D eigenvalue weighted by molar-refractivity contribution is 0.0563. The maximum atomic E-state index is 12.9. The first-order valence-electron chi connectivity index (χ1n) is 6.99. The van der Waals surface area contributed by atoms with Gasteiger partial charge in [-0.15, -0.1) is 3.89 Å². The highest BCUT2D eigenvalue weighted by Gasteiger charge is 2.46. The average Bonchev–Trinajstić information content (AvgIpc) is 2.53. The summed E-state index contributed by atoms with van der Waals surface area (Å²) in [6.45, 7) is 2.79. The molecule has 3 unspecified atom stereocenters. The Morgan fingerprint density at radius 1 is 1.28 bits per heavy atom. The van der Waals surface area contributed by atoms with Crippen molar-refractivity contribution in [2.75, 3.05) is 12.4 Å². The van der Waals surface area contributed by atoms with E-state index in [4.69, 9.17) is 4.74 Å². The molecule has 2 aliphatic rings. The van der Waals surface area contributed by atoms with E-state index in [2.05, 4.69) is 6.92 Å². The van der Waals surface area contributed by atoms with Gasteiger partial charge in [0.2, 0.25) is 0 Å². The molecule has 0 N–H and O–H groups in total. The van der Waals surface area contributed by atoms with Crippen molar-refractivity contribution < 1.29 is 17.0 Å². The topological polar surface area (TPSA) is 43.4 Å². The molecule has 0 aromatic rings. The van der Waals surface area contributed by atoms with Crippen LogP contribution in [0.3, 0.4) is 0 Å². The second-order valence-corrected chi connectivity index (χ2v) is 7.29. The highest BCUT2D eigenvalue weighted by atomic mass is 32.3. The van der Waals surface area contributed by atoms with Gasteiger partial charge in [-0.25, -0.2) is 0 Å². The van der Waals surface area contributed by atoms with Crippen molar-refractivity contribution >= 4 is 10.2 Å². The Labute approximate surface area is 109 Å². The number of hydrogen-bond acceptors (Lipinski definition) is 3. The second-order valence-electron chi connectivity index (χ2n) is 5.88. The summed E-state index contributed by atoms with van der Waals surface area (Å²) in [5.41, 5.74) is -0.0803. The zero-order chi connectivity index (χ0) is 13.2. The molecule has 1 aliphatic carbocycles. The molecule has 0 aromatic carbocycles. The van der Waals surface area contributed by atoms with Gasteiger partial charge in [0.05, 0.1) is 6.10 Å². The molecule has 1 saturated heterocycles. The van der Waals surface area contributed by atoms with E-state index >= 15 is 0 Å². The van der Waals surface area contributed by atoms with Gasteiger partial charge >= 0.3 is 10.2 Å². The van der Waals surface area contributed by atoms with Gasteiger partial charge in [-0.2, -0.15) is 8.42 Å². The summed E-state index contributed by atoms with van der Waals surface area (Å²) in [5.74, 6) is 0.289. The van der Waals surface area contributed by atoms with E-state index in [1.165, 1.54) is 12.8 Å². The lowest BCUT2D eigenvalue weighted by Crippen LogP contribution is -2.35. The van der Waals surface area contributed by atoms with Crippen LogP contribution in [0.5, 0.6) is 0 Å². The molecule has 106 valence electrons. The van der Waals surface area contributed by atoms with Crippen LogP contribution in [0.15, 0.2) is 0 Å². The smallest absolute Gasteiger partial charge is 0.304 e. The molecule has 2 rings (SSSR count). The van der Waals surface area contributed by atoms with Gasteiger partial charge in [-0.1, -0.05) is 26.2 Å². The van der Waals surface area contributed by atoms with Crippen LogP contribution in [0.1, 0.15) is 51.9 Å². The first-order valence-corrected chi connectivity index (χ1v) is 8.54. The van der Waals surface area contributed by atoms with Gasteiger partial charge in [-0.05, 0) is 37.0 Å². The van der Waals surface area contributed by atoms with E-state index in [9.17, 15) is 12.3 Å². The van der Waals surface area contributed by atoms with Gasteiger partial charge in [0, 0.05) is 6.61 Å². The fourth-order valence-corrected chi connectivity index (χ4v) is 4.44. The third-order valence-electron chi connectivity index (χ3n) is 4.87. The molecule has 18 heavy (non-hydrogen) atoms. The van der Waals surface area contributed by atoms with Crippen molar-refractivity contribution in [2.45, 2.75) is 58.0 Å². The van der Waals surface area contributed by atoms with Crippen LogP contribution in [0.25, 0.3) is 0 Å². The quantitative estimate of drug-likeness (QED) is 0.745. The van der Waals surface area contributed by atoms with Crippen LogP contribution in [0.4, 0.5) is 3.89 Å². The number of halogens is 1. The Kier molecular flexibility index (Phi) is 4.32. The fraction of sp³-hybridized carbons (Fsp3) is 1.00. The molecule has 0 amide bonds. The largest absolute Gasteiger partial charge is 0.376 e. The van der Waals surface area contributed by atoms with Gasteiger partial charge in [-0.3, -0.25) is 0 Å². The van der Waals surface area contributed by atoms with Crippen molar-refractivity contribution in [3.63, 3.8) is 0 Å². The molecular weight excluding hydrogens is 255 g/mol. The Morgan fingerprint density at radius 3 is 2.72 bits per heavy atom. The summed E-state index contributed by atoms with van der Waals surface area (Å²) < 4.78 is 40.2. The molecule has 3 atom stereocenters. The van der Waals surface area contributed by atoms with Crippen molar-refractivity contribution in [3.8, 4) is 0 Å². The molecule has 1 aliphatic heterocycles. The third-order valence-corrected chi connectivity index (χ3v) is 5.57. The molecular formula is C13H23FO3S. The van der Waals surface area contributed by atoms with E-state index in [1.54, 1.807) is 0 Å². The van der Waals surface area contributed by atoms with E-state index < -0.39 is 22.1 Å². The second kappa shape index (κ2) is 5.45. The number of ether oxygens (including phenoxy) is 1. The van der Waals surface area contributed by atoms with Gasteiger partial charge in [0.25, 0.3) is 0 Å². The SMILES string of the molecule is CCC1CCCC2(CCOC2CS(=O)(=O)F)CC1. The summed E-state index contributed by atoms with van der Waals surface area (Å²) in [6, 6.07) is 0.